The lowest BCUT2D eigenvalue weighted by molar-refractivity contribution is -0.119. The van der Waals surface area contributed by atoms with Crippen LogP contribution in [0, 0.1) is 0 Å². The largest absolute Gasteiger partial charge is 0.395 e. The highest BCUT2D eigenvalue weighted by molar-refractivity contribution is 7.89. The molecule has 0 aliphatic heterocycles. The van der Waals surface area contributed by atoms with E-state index in [1.165, 1.54) is 0 Å². The summed E-state index contributed by atoms with van der Waals surface area (Å²) >= 11 is 0. The van der Waals surface area contributed by atoms with Crippen molar-refractivity contribution >= 4 is 15.9 Å². The Morgan fingerprint density at radius 3 is 2.36 bits per heavy atom. The number of nitrogens with two attached hydrogens (primary N) is 1. The Balaban J connectivity index is 4.42. The average molecular weight is 224 g/mol. The third-order valence-electron chi connectivity index (χ3n) is 1.41. The quantitative estimate of drug-likeness (QED) is 0.513. The number of nitrogens with one attached hydrogen (secondary N) is 1. The van der Waals surface area contributed by atoms with Gasteiger partial charge in [0.25, 0.3) is 0 Å². The molecule has 0 fully saturated rings. The van der Waals surface area contributed by atoms with E-state index in [2.05, 4.69) is 4.72 Å². The smallest absolute Gasteiger partial charge is 0.219 e. The molecule has 0 rings (SSSR count). The van der Waals surface area contributed by atoms with Gasteiger partial charge in [0.1, 0.15) is 0 Å². The Hall–Kier alpha value is -0.660. The van der Waals surface area contributed by atoms with Crippen molar-refractivity contribution in [3.05, 3.63) is 0 Å². The number of hydrogen-bond acceptors (Lipinski definition) is 4. The van der Waals surface area contributed by atoms with Gasteiger partial charge in [0.15, 0.2) is 0 Å². The summed E-state index contributed by atoms with van der Waals surface area (Å²) in [6, 6.07) is 0. The first-order chi connectivity index (χ1) is 6.18. The number of aliphatic hydroxyl groups is 1. The standard InChI is InChI=1S/C7H16N2O4S/c1-7(2,5-6(8)11)9-14(12,13)4-3-10/h9-10H,3-5H2,1-2H3,(H2,8,11). The monoisotopic (exact) mass is 224 g/mol. The predicted octanol–water partition coefficient (Wildman–Crippen LogP) is -1.45. The summed E-state index contributed by atoms with van der Waals surface area (Å²) in [5.74, 6) is -0.962. The molecular formula is C7H16N2O4S. The predicted molar refractivity (Wildman–Crippen MR) is 51.9 cm³/mol. The van der Waals surface area contributed by atoms with Gasteiger partial charge in [-0.1, -0.05) is 0 Å². The zero-order chi connectivity index (χ0) is 11.4. The van der Waals surface area contributed by atoms with Crippen molar-refractivity contribution in [2.45, 2.75) is 25.8 Å². The Bertz CT molecular complexity index is 297. The van der Waals surface area contributed by atoms with E-state index in [0.29, 0.717) is 0 Å². The molecule has 6 nitrogen and oxygen atoms in total. The maximum atomic E-state index is 11.2. The lowest BCUT2D eigenvalue weighted by Crippen LogP contribution is -2.47. The van der Waals surface area contributed by atoms with Gasteiger partial charge in [-0.25, -0.2) is 13.1 Å². The maximum Gasteiger partial charge on any atom is 0.219 e. The first kappa shape index (κ1) is 13.3. The molecule has 0 bridgehead atoms. The van der Waals surface area contributed by atoms with Crippen LogP contribution in [-0.2, 0) is 14.8 Å². The number of primary amides is 1. The summed E-state index contributed by atoms with van der Waals surface area (Å²) in [7, 11) is -3.54. The lowest BCUT2D eigenvalue weighted by atomic mass is 10.0. The SMILES string of the molecule is CC(C)(CC(N)=O)NS(=O)(=O)CCO. The van der Waals surface area contributed by atoms with Crippen LogP contribution in [0.5, 0.6) is 0 Å². The third-order valence-corrected chi connectivity index (χ3v) is 2.99. The van der Waals surface area contributed by atoms with Crippen LogP contribution in [-0.4, -0.2) is 37.3 Å². The van der Waals surface area contributed by atoms with Gasteiger partial charge in [-0.15, -0.1) is 0 Å². The van der Waals surface area contributed by atoms with Crippen molar-refractivity contribution in [1.29, 1.82) is 0 Å². The summed E-state index contributed by atoms with van der Waals surface area (Å²) < 4.78 is 24.7. The fourth-order valence-corrected chi connectivity index (χ4v) is 2.32. The normalized spacial score (nSPS) is 12.8. The molecule has 0 saturated carbocycles. The van der Waals surface area contributed by atoms with Gasteiger partial charge in [-0.05, 0) is 13.8 Å². The first-order valence-corrected chi connectivity index (χ1v) is 5.74. The van der Waals surface area contributed by atoms with Gasteiger partial charge in [0.2, 0.25) is 15.9 Å². The number of carbonyl (C=O) groups excluding carboxylic acids is 1. The van der Waals surface area contributed by atoms with E-state index < -0.39 is 28.1 Å². The highest BCUT2D eigenvalue weighted by Gasteiger charge is 2.26. The second-order valence-electron chi connectivity index (χ2n) is 3.67. The molecule has 0 heterocycles. The Morgan fingerprint density at radius 2 is 2.00 bits per heavy atom. The summed E-state index contributed by atoms with van der Waals surface area (Å²) in [5.41, 5.74) is 4.03. The van der Waals surface area contributed by atoms with Crippen molar-refractivity contribution < 1.29 is 18.3 Å². The summed E-state index contributed by atoms with van der Waals surface area (Å²) in [5, 5.41) is 8.47. The summed E-state index contributed by atoms with van der Waals surface area (Å²) in [6.45, 7) is 2.64. The molecule has 0 radical (unpaired) electrons. The zero-order valence-electron chi connectivity index (χ0n) is 8.28. The lowest BCUT2D eigenvalue weighted by Gasteiger charge is -2.24. The van der Waals surface area contributed by atoms with E-state index in [9.17, 15) is 13.2 Å². The molecule has 0 aliphatic carbocycles. The molecular weight excluding hydrogens is 208 g/mol. The van der Waals surface area contributed by atoms with Crippen molar-refractivity contribution in [3.8, 4) is 0 Å². The number of hydrogen-bond donors (Lipinski definition) is 3. The van der Waals surface area contributed by atoms with Crippen molar-refractivity contribution in [3.63, 3.8) is 0 Å². The number of amides is 1. The van der Waals surface area contributed by atoms with Gasteiger partial charge >= 0.3 is 0 Å². The molecule has 0 saturated heterocycles. The molecule has 0 unspecified atom stereocenters. The van der Waals surface area contributed by atoms with E-state index >= 15 is 0 Å². The van der Waals surface area contributed by atoms with Gasteiger partial charge in [0, 0.05) is 12.0 Å². The second-order valence-corrected chi connectivity index (χ2v) is 5.51. The molecule has 0 aliphatic rings. The first-order valence-electron chi connectivity index (χ1n) is 4.09. The molecule has 4 N–H and O–H groups in total. The Labute approximate surface area is 83.5 Å². The number of aliphatic hydroxyl groups excluding tert-OH is 1. The fourth-order valence-electron chi connectivity index (χ4n) is 1.06. The van der Waals surface area contributed by atoms with Gasteiger partial charge in [0.05, 0.1) is 12.4 Å². The highest BCUT2D eigenvalue weighted by Crippen LogP contribution is 2.09. The fraction of sp³-hybridized carbons (Fsp3) is 0.857. The van der Waals surface area contributed by atoms with Crippen LogP contribution in [0.2, 0.25) is 0 Å². The second kappa shape index (κ2) is 4.72. The van der Waals surface area contributed by atoms with E-state index in [0.717, 1.165) is 0 Å². The van der Waals surface area contributed by atoms with Crippen LogP contribution in [0.1, 0.15) is 20.3 Å². The van der Waals surface area contributed by atoms with E-state index in [4.69, 9.17) is 10.8 Å². The molecule has 7 heteroatoms. The summed E-state index contributed by atoms with van der Waals surface area (Å²) in [4.78, 5) is 10.6. The van der Waals surface area contributed by atoms with Crippen LogP contribution in [0.3, 0.4) is 0 Å². The van der Waals surface area contributed by atoms with Crippen LogP contribution in [0.15, 0.2) is 0 Å². The van der Waals surface area contributed by atoms with E-state index in [1.54, 1.807) is 13.8 Å². The Kier molecular flexibility index (Phi) is 4.50. The number of rotatable bonds is 6. The minimum atomic E-state index is -3.54. The van der Waals surface area contributed by atoms with Gasteiger partial charge < -0.3 is 10.8 Å². The summed E-state index contributed by atoms with van der Waals surface area (Å²) in [6.07, 6.45) is -0.0857. The van der Waals surface area contributed by atoms with Crippen LogP contribution in [0.4, 0.5) is 0 Å². The Morgan fingerprint density at radius 1 is 1.50 bits per heavy atom. The van der Waals surface area contributed by atoms with Crippen molar-refractivity contribution in [1.82, 2.24) is 4.72 Å². The number of carbonyl (C=O) groups is 1. The van der Waals surface area contributed by atoms with Crippen molar-refractivity contribution in [2.75, 3.05) is 12.4 Å². The highest BCUT2D eigenvalue weighted by atomic mass is 32.2. The molecule has 0 atom stereocenters. The average Bonchev–Trinajstić information content (AvgIpc) is 1.78. The van der Waals surface area contributed by atoms with E-state index in [-0.39, 0.29) is 12.2 Å². The van der Waals surface area contributed by atoms with Crippen LogP contribution >= 0.6 is 0 Å². The topological polar surface area (TPSA) is 109 Å². The molecule has 0 aromatic rings. The van der Waals surface area contributed by atoms with Gasteiger partial charge in [-0.2, -0.15) is 0 Å². The molecule has 0 aromatic heterocycles. The molecule has 84 valence electrons. The minimum Gasteiger partial charge on any atom is -0.395 e. The van der Waals surface area contributed by atoms with Crippen LogP contribution in [0.25, 0.3) is 0 Å². The number of sulfonamides is 1. The maximum absolute atomic E-state index is 11.2. The van der Waals surface area contributed by atoms with Gasteiger partial charge in [-0.3, -0.25) is 4.79 Å². The van der Waals surface area contributed by atoms with Crippen LogP contribution < -0.4 is 10.5 Å². The molecule has 1 amide bonds. The van der Waals surface area contributed by atoms with E-state index in [1.807, 2.05) is 0 Å². The van der Waals surface area contributed by atoms with Crippen molar-refractivity contribution in [2.24, 2.45) is 5.73 Å². The minimum absolute atomic E-state index is 0.0857. The zero-order valence-corrected chi connectivity index (χ0v) is 9.10. The molecule has 0 aromatic carbocycles. The third kappa shape index (κ3) is 5.90. The molecule has 14 heavy (non-hydrogen) atoms. The molecule has 0 spiro atoms.